The van der Waals surface area contributed by atoms with Crippen molar-refractivity contribution in [1.29, 1.82) is 0 Å². The number of hydrogen-bond donors (Lipinski definition) is 1. The fourth-order valence-electron chi connectivity index (χ4n) is 3.85. The maximum Gasteiger partial charge on any atom is 0.263 e. The highest BCUT2D eigenvalue weighted by atomic mass is 35.5. The number of allylic oxidation sites excluding steroid dienone is 3. The lowest BCUT2D eigenvalue weighted by atomic mass is 10.1. The van der Waals surface area contributed by atoms with Crippen molar-refractivity contribution in [3.05, 3.63) is 70.2 Å². The number of furan rings is 1. The molecule has 9 heteroatoms. The lowest BCUT2D eigenvalue weighted by molar-refractivity contribution is -0.642. The van der Waals surface area contributed by atoms with Crippen molar-refractivity contribution in [3.63, 3.8) is 0 Å². The molecule has 0 N–H and O–H groups in total. The summed E-state index contributed by atoms with van der Waals surface area (Å²) in [6.07, 6.45) is 5.87. The van der Waals surface area contributed by atoms with Gasteiger partial charge in [0.2, 0.25) is 5.52 Å². The SMILES string of the molecule is COc1cc2sc(C=C(/C=C(/C)N(C)c3cc(OC)c(OC)cc3S)c3ccco3)[n+](C)c2cc1Cl. The average Bonchev–Trinajstić information content (AvgIpc) is 3.51. The Kier molecular flexibility index (Phi) is 7.88. The van der Waals surface area contributed by atoms with Crippen LogP contribution < -0.4 is 23.7 Å². The number of thiol groups is 1. The second kappa shape index (κ2) is 10.9. The van der Waals surface area contributed by atoms with Gasteiger partial charge in [0.05, 0.1) is 38.3 Å². The Hall–Kier alpha value is -3.07. The van der Waals surface area contributed by atoms with Gasteiger partial charge in [0.1, 0.15) is 23.3 Å². The Morgan fingerprint density at radius 1 is 1.08 bits per heavy atom. The van der Waals surface area contributed by atoms with E-state index in [9.17, 15) is 0 Å². The number of ether oxygens (including phenoxy) is 3. The smallest absolute Gasteiger partial charge is 0.263 e. The van der Waals surface area contributed by atoms with Crippen LogP contribution in [0.2, 0.25) is 5.02 Å². The summed E-state index contributed by atoms with van der Waals surface area (Å²) in [5.74, 6) is 2.68. The minimum Gasteiger partial charge on any atom is -0.495 e. The van der Waals surface area contributed by atoms with Crippen molar-refractivity contribution in [1.82, 2.24) is 0 Å². The quantitative estimate of drug-likeness (QED) is 0.149. The van der Waals surface area contributed by atoms with Gasteiger partial charge in [-0.2, -0.15) is 4.57 Å². The first-order valence-corrected chi connectivity index (χ1v) is 12.7. The standard InChI is InChI=1S/C27H27ClN2O4S2/c1-16(29(2)19-13-23(32-5)24(33-6)14-25(19)35)10-17(21-8-7-9-34-21)11-27-30(3)20-12-18(28)22(31-4)15-26(20)36-27/h7-15H,1-6H3/p+1. The van der Waals surface area contributed by atoms with Gasteiger partial charge in [0.25, 0.3) is 5.01 Å². The first-order chi connectivity index (χ1) is 17.3. The molecule has 0 bridgehead atoms. The van der Waals surface area contributed by atoms with Crippen LogP contribution in [0.4, 0.5) is 5.69 Å². The number of rotatable bonds is 8. The molecule has 0 saturated carbocycles. The Balaban J connectivity index is 1.79. The van der Waals surface area contributed by atoms with Crippen molar-refractivity contribution in [3.8, 4) is 17.2 Å². The van der Waals surface area contributed by atoms with Crippen molar-refractivity contribution < 1.29 is 23.2 Å². The molecule has 188 valence electrons. The van der Waals surface area contributed by atoms with Crippen molar-refractivity contribution in [2.24, 2.45) is 7.05 Å². The van der Waals surface area contributed by atoms with Gasteiger partial charge in [-0.1, -0.05) is 22.9 Å². The van der Waals surface area contributed by atoms with Gasteiger partial charge in [-0.25, -0.2) is 0 Å². The summed E-state index contributed by atoms with van der Waals surface area (Å²) < 4.78 is 25.3. The zero-order chi connectivity index (χ0) is 26.0. The number of thiazole rings is 1. The second-order valence-electron chi connectivity index (χ2n) is 8.07. The van der Waals surface area contributed by atoms with Crippen molar-refractivity contribution >= 4 is 63.1 Å². The van der Waals surface area contributed by atoms with E-state index >= 15 is 0 Å². The third kappa shape index (κ3) is 5.07. The fourth-order valence-corrected chi connectivity index (χ4v) is 5.53. The van der Waals surface area contributed by atoms with Crippen LogP contribution >= 0.6 is 35.6 Å². The van der Waals surface area contributed by atoms with Crippen molar-refractivity contribution in [2.75, 3.05) is 33.3 Å². The molecule has 0 aliphatic rings. The largest absolute Gasteiger partial charge is 0.495 e. The molecule has 2 heterocycles. The van der Waals surface area contributed by atoms with E-state index in [0.717, 1.165) is 42.8 Å². The van der Waals surface area contributed by atoms with E-state index in [1.54, 1.807) is 38.9 Å². The van der Waals surface area contributed by atoms with Crippen LogP contribution in [0.5, 0.6) is 17.2 Å². The molecule has 36 heavy (non-hydrogen) atoms. The number of halogens is 1. The Labute approximate surface area is 225 Å². The van der Waals surface area contributed by atoms with Crippen LogP contribution in [0.3, 0.4) is 0 Å². The third-order valence-corrected chi connectivity index (χ3v) is 7.76. The van der Waals surface area contributed by atoms with E-state index in [-0.39, 0.29) is 0 Å². The summed E-state index contributed by atoms with van der Waals surface area (Å²) in [5.41, 5.74) is 3.82. The first-order valence-electron chi connectivity index (χ1n) is 11.1. The number of aryl methyl sites for hydroxylation is 1. The molecule has 0 saturated heterocycles. The number of hydrogen-bond acceptors (Lipinski definition) is 7. The monoisotopic (exact) mass is 543 g/mol. The molecule has 0 aliphatic heterocycles. The molecule has 0 fully saturated rings. The zero-order valence-electron chi connectivity index (χ0n) is 21.0. The van der Waals surface area contributed by atoms with Gasteiger partial charge in [-0.15, -0.1) is 12.6 Å². The topological polar surface area (TPSA) is 48.0 Å². The lowest BCUT2D eigenvalue weighted by Crippen LogP contribution is -2.29. The second-order valence-corrected chi connectivity index (χ2v) is 10.0. The van der Waals surface area contributed by atoms with Crippen LogP contribution in [0.1, 0.15) is 17.7 Å². The fraction of sp³-hybridized carbons (Fsp3) is 0.222. The first kappa shape index (κ1) is 26.0. The Morgan fingerprint density at radius 2 is 1.78 bits per heavy atom. The molecule has 2 aromatic heterocycles. The average molecular weight is 544 g/mol. The minimum absolute atomic E-state index is 0.579. The van der Waals surface area contributed by atoms with Crippen molar-refractivity contribution in [2.45, 2.75) is 11.8 Å². The minimum atomic E-state index is 0.579. The predicted molar refractivity (Wildman–Crippen MR) is 150 cm³/mol. The van der Waals surface area contributed by atoms with Crippen LogP contribution in [-0.2, 0) is 7.05 Å². The molecular formula is C27H28ClN2O4S2+. The molecule has 4 aromatic rings. The molecule has 2 aromatic carbocycles. The molecule has 0 radical (unpaired) electrons. The van der Waals surface area contributed by atoms with Crippen LogP contribution in [0, 0.1) is 0 Å². The molecule has 0 amide bonds. The third-order valence-electron chi connectivity index (χ3n) is 5.96. The number of methoxy groups -OCH3 is 3. The van der Waals surface area contributed by atoms with Gasteiger partial charge in [-0.3, -0.25) is 0 Å². The highest BCUT2D eigenvalue weighted by Gasteiger charge is 2.20. The summed E-state index contributed by atoms with van der Waals surface area (Å²) in [6.45, 7) is 2.04. The van der Waals surface area contributed by atoms with E-state index in [0.29, 0.717) is 22.3 Å². The molecule has 0 aliphatic carbocycles. The van der Waals surface area contributed by atoms with Gasteiger partial charge >= 0.3 is 0 Å². The van der Waals surface area contributed by atoms with E-state index in [4.69, 9.17) is 30.2 Å². The summed E-state index contributed by atoms with van der Waals surface area (Å²) in [7, 11) is 8.86. The molecule has 0 spiro atoms. The predicted octanol–water partition coefficient (Wildman–Crippen LogP) is 6.87. The van der Waals surface area contributed by atoms with E-state index in [2.05, 4.69) is 34.2 Å². The van der Waals surface area contributed by atoms with Crippen LogP contribution in [-0.4, -0.2) is 28.4 Å². The highest BCUT2D eigenvalue weighted by molar-refractivity contribution is 7.80. The number of benzene rings is 2. The normalized spacial score (nSPS) is 12.2. The van der Waals surface area contributed by atoms with Crippen LogP contribution in [0.15, 0.2) is 63.7 Å². The summed E-state index contributed by atoms with van der Waals surface area (Å²) in [5, 5.41) is 1.61. The summed E-state index contributed by atoms with van der Waals surface area (Å²) in [4.78, 5) is 2.82. The zero-order valence-corrected chi connectivity index (χ0v) is 23.4. The lowest BCUT2D eigenvalue weighted by Gasteiger charge is -2.23. The van der Waals surface area contributed by atoms with E-state index < -0.39 is 0 Å². The summed E-state index contributed by atoms with van der Waals surface area (Å²) in [6, 6.07) is 11.5. The van der Waals surface area contributed by atoms with Gasteiger partial charge in [0, 0.05) is 47.5 Å². The molecule has 4 rings (SSSR count). The molecule has 6 nitrogen and oxygen atoms in total. The maximum atomic E-state index is 6.38. The molecular weight excluding hydrogens is 516 g/mol. The Morgan fingerprint density at radius 3 is 2.42 bits per heavy atom. The van der Waals surface area contributed by atoms with E-state index in [1.165, 1.54) is 0 Å². The number of nitrogens with zero attached hydrogens (tertiary/aromatic N) is 2. The van der Waals surface area contributed by atoms with E-state index in [1.807, 2.05) is 57.4 Å². The van der Waals surface area contributed by atoms with Gasteiger partial charge in [-0.05, 0) is 31.2 Å². The number of fused-ring (bicyclic) bond motifs is 1. The maximum absolute atomic E-state index is 6.38. The summed E-state index contributed by atoms with van der Waals surface area (Å²) >= 11 is 12.7. The Bertz CT molecular complexity index is 1460. The molecule has 0 unspecified atom stereocenters. The number of aromatic nitrogens is 1. The number of anilines is 1. The van der Waals surface area contributed by atoms with Gasteiger partial charge in [0.15, 0.2) is 11.5 Å². The molecule has 0 atom stereocenters. The highest BCUT2D eigenvalue weighted by Crippen LogP contribution is 2.38. The van der Waals surface area contributed by atoms with Gasteiger partial charge < -0.3 is 23.5 Å². The van der Waals surface area contributed by atoms with Crippen LogP contribution in [0.25, 0.3) is 21.9 Å².